The number of rotatable bonds is 2. The second-order valence-corrected chi connectivity index (χ2v) is 4.80. The van der Waals surface area contributed by atoms with Gasteiger partial charge in [-0.1, -0.05) is 20.3 Å². The van der Waals surface area contributed by atoms with Crippen LogP contribution in [0.3, 0.4) is 0 Å². The number of nitrogens with zero attached hydrogens (tertiary/aromatic N) is 1. The van der Waals surface area contributed by atoms with Crippen LogP contribution in [-0.2, 0) is 0 Å². The maximum Gasteiger partial charge on any atom is 0.0126 e. The van der Waals surface area contributed by atoms with Crippen molar-refractivity contribution in [3.63, 3.8) is 0 Å². The summed E-state index contributed by atoms with van der Waals surface area (Å²) in [4.78, 5) is 2.71. The highest BCUT2D eigenvalue weighted by Crippen LogP contribution is 2.36. The molecule has 2 fully saturated rings. The Morgan fingerprint density at radius 1 is 1.08 bits per heavy atom. The summed E-state index contributed by atoms with van der Waals surface area (Å²) in [6.45, 7) is 7.55. The van der Waals surface area contributed by atoms with Crippen LogP contribution < -0.4 is 0 Å². The van der Waals surface area contributed by atoms with Gasteiger partial charge in [0.2, 0.25) is 0 Å². The first-order valence-corrected chi connectivity index (χ1v) is 5.53. The minimum Gasteiger partial charge on any atom is -0.300 e. The number of hydrogen-bond donors (Lipinski definition) is 0. The van der Waals surface area contributed by atoms with Crippen LogP contribution in [0.25, 0.3) is 0 Å². The first-order valence-electron chi connectivity index (χ1n) is 5.53. The second kappa shape index (κ2) is 3.37. The third kappa shape index (κ3) is 1.39. The van der Waals surface area contributed by atoms with E-state index in [0.29, 0.717) is 0 Å². The quantitative estimate of drug-likeness (QED) is 0.611. The van der Waals surface area contributed by atoms with Crippen molar-refractivity contribution in [2.75, 3.05) is 13.1 Å². The van der Waals surface area contributed by atoms with Gasteiger partial charge in [0.05, 0.1) is 0 Å². The van der Waals surface area contributed by atoms with E-state index in [1.165, 1.54) is 38.8 Å². The molecule has 70 valence electrons. The van der Waals surface area contributed by atoms with Crippen LogP contribution in [0.4, 0.5) is 0 Å². The molecule has 0 radical (unpaired) electrons. The summed E-state index contributed by atoms with van der Waals surface area (Å²) in [5.74, 6) is 1.91. The Bertz CT molecular complexity index is 149. The van der Waals surface area contributed by atoms with Crippen molar-refractivity contribution in [1.82, 2.24) is 4.90 Å². The molecule has 1 aliphatic carbocycles. The summed E-state index contributed by atoms with van der Waals surface area (Å²) in [5.41, 5.74) is 0. The van der Waals surface area contributed by atoms with Crippen molar-refractivity contribution in [3.8, 4) is 0 Å². The largest absolute Gasteiger partial charge is 0.300 e. The van der Waals surface area contributed by atoms with E-state index < -0.39 is 0 Å². The fraction of sp³-hybridized carbons (Fsp3) is 1.00. The summed E-state index contributed by atoms with van der Waals surface area (Å²) in [5, 5.41) is 0. The molecule has 2 rings (SSSR count). The van der Waals surface area contributed by atoms with Crippen molar-refractivity contribution >= 4 is 0 Å². The molecule has 2 aliphatic rings. The minimum absolute atomic E-state index is 0.901. The average Bonchev–Trinajstić information content (AvgIpc) is 2.31. The van der Waals surface area contributed by atoms with Crippen LogP contribution in [0, 0.1) is 11.8 Å². The van der Waals surface area contributed by atoms with Gasteiger partial charge in [-0.2, -0.15) is 0 Å². The predicted molar refractivity (Wildman–Crippen MR) is 52.2 cm³/mol. The van der Waals surface area contributed by atoms with Crippen molar-refractivity contribution in [2.45, 2.75) is 45.6 Å². The minimum atomic E-state index is 0.901. The first-order chi connectivity index (χ1) is 5.79. The van der Waals surface area contributed by atoms with Gasteiger partial charge in [-0.3, -0.25) is 0 Å². The van der Waals surface area contributed by atoms with Crippen molar-refractivity contribution in [1.29, 1.82) is 0 Å². The van der Waals surface area contributed by atoms with Crippen molar-refractivity contribution in [2.24, 2.45) is 11.8 Å². The lowest BCUT2D eigenvalue weighted by molar-refractivity contribution is 0.0774. The van der Waals surface area contributed by atoms with Gasteiger partial charge in [0.15, 0.2) is 0 Å². The molecular weight excluding hydrogens is 146 g/mol. The number of likely N-dealkylation sites (tertiary alicyclic amines) is 1. The van der Waals surface area contributed by atoms with Gasteiger partial charge in [0, 0.05) is 6.04 Å². The van der Waals surface area contributed by atoms with E-state index in [2.05, 4.69) is 18.7 Å². The molecule has 0 bridgehead atoms. The van der Waals surface area contributed by atoms with Crippen LogP contribution >= 0.6 is 0 Å². The summed E-state index contributed by atoms with van der Waals surface area (Å²) in [6, 6.07) is 0.957. The van der Waals surface area contributed by atoms with Crippen LogP contribution in [0.1, 0.15) is 39.5 Å². The molecule has 1 heteroatoms. The lowest BCUT2D eigenvalue weighted by Gasteiger charge is -2.40. The standard InChI is InChI=1S/C11H21N/c1-9(2)10-5-3-6-11(10)12-7-4-8-12/h9-11H,3-8H2,1-2H3/t10-,11+/m1/s1. The summed E-state index contributed by atoms with van der Waals surface area (Å²) < 4.78 is 0. The van der Waals surface area contributed by atoms with E-state index in [-0.39, 0.29) is 0 Å². The topological polar surface area (TPSA) is 3.24 Å². The van der Waals surface area contributed by atoms with Gasteiger partial charge < -0.3 is 4.90 Å². The normalized spacial score (nSPS) is 37.2. The summed E-state index contributed by atoms with van der Waals surface area (Å²) in [6.07, 6.45) is 5.88. The smallest absolute Gasteiger partial charge is 0.0126 e. The van der Waals surface area contributed by atoms with E-state index in [4.69, 9.17) is 0 Å². The third-order valence-electron chi connectivity index (χ3n) is 3.75. The lowest BCUT2D eigenvalue weighted by atomic mass is 9.89. The van der Waals surface area contributed by atoms with Crippen LogP contribution in [0.15, 0.2) is 0 Å². The maximum absolute atomic E-state index is 2.71. The van der Waals surface area contributed by atoms with Gasteiger partial charge in [-0.05, 0) is 44.2 Å². The zero-order valence-electron chi connectivity index (χ0n) is 8.42. The Hall–Kier alpha value is -0.0400. The molecule has 0 aromatic rings. The first kappa shape index (κ1) is 8.55. The number of hydrogen-bond acceptors (Lipinski definition) is 1. The second-order valence-electron chi connectivity index (χ2n) is 4.80. The zero-order chi connectivity index (χ0) is 8.55. The van der Waals surface area contributed by atoms with E-state index in [0.717, 1.165) is 17.9 Å². The predicted octanol–water partition coefficient (Wildman–Crippen LogP) is 2.52. The maximum atomic E-state index is 2.71. The van der Waals surface area contributed by atoms with Gasteiger partial charge in [0.1, 0.15) is 0 Å². The van der Waals surface area contributed by atoms with Crippen LogP contribution in [-0.4, -0.2) is 24.0 Å². The highest BCUT2D eigenvalue weighted by Gasteiger charge is 2.35. The highest BCUT2D eigenvalue weighted by molar-refractivity contribution is 4.89. The molecule has 0 aromatic carbocycles. The molecule has 1 saturated carbocycles. The SMILES string of the molecule is CC(C)[C@H]1CCC[C@@H]1N1CCC1. The van der Waals surface area contributed by atoms with Gasteiger partial charge in [-0.15, -0.1) is 0 Å². The van der Waals surface area contributed by atoms with E-state index in [1.54, 1.807) is 0 Å². The monoisotopic (exact) mass is 167 g/mol. The Morgan fingerprint density at radius 2 is 1.83 bits per heavy atom. The summed E-state index contributed by atoms with van der Waals surface area (Å²) in [7, 11) is 0. The fourth-order valence-corrected chi connectivity index (χ4v) is 2.87. The van der Waals surface area contributed by atoms with Crippen LogP contribution in [0.5, 0.6) is 0 Å². The van der Waals surface area contributed by atoms with E-state index in [1.807, 2.05) is 0 Å². The lowest BCUT2D eigenvalue weighted by Crippen LogP contribution is -2.47. The molecule has 1 nitrogen and oxygen atoms in total. The molecule has 2 atom stereocenters. The molecular formula is C11H21N. The molecule has 0 amide bonds. The van der Waals surface area contributed by atoms with Gasteiger partial charge in [0.25, 0.3) is 0 Å². The zero-order valence-corrected chi connectivity index (χ0v) is 8.42. The fourth-order valence-electron chi connectivity index (χ4n) is 2.87. The van der Waals surface area contributed by atoms with Crippen molar-refractivity contribution in [3.05, 3.63) is 0 Å². The summed E-state index contributed by atoms with van der Waals surface area (Å²) >= 11 is 0. The Balaban J connectivity index is 1.93. The van der Waals surface area contributed by atoms with Crippen molar-refractivity contribution < 1.29 is 0 Å². The Labute approximate surface area is 76.1 Å². The molecule has 1 aliphatic heterocycles. The molecule has 12 heavy (non-hydrogen) atoms. The van der Waals surface area contributed by atoms with Crippen LogP contribution in [0.2, 0.25) is 0 Å². The third-order valence-corrected chi connectivity index (χ3v) is 3.75. The molecule has 0 unspecified atom stereocenters. The van der Waals surface area contributed by atoms with Gasteiger partial charge in [-0.25, -0.2) is 0 Å². The van der Waals surface area contributed by atoms with E-state index in [9.17, 15) is 0 Å². The molecule has 0 spiro atoms. The Morgan fingerprint density at radius 3 is 2.33 bits per heavy atom. The molecule has 0 aromatic heterocycles. The Kier molecular flexibility index (Phi) is 2.40. The molecule has 1 heterocycles. The van der Waals surface area contributed by atoms with E-state index >= 15 is 0 Å². The molecule has 0 N–H and O–H groups in total. The molecule has 1 saturated heterocycles. The highest BCUT2D eigenvalue weighted by atomic mass is 15.2. The van der Waals surface area contributed by atoms with Gasteiger partial charge >= 0.3 is 0 Å². The average molecular weight is 167 g/mol.